The molecule has 17 heavy (non-hydrogen) atoms. The van der Waals surface area contributed by atoms with Crippen molar-refractivity contribution in [2.45, 2.75) is 27.2 Å². The SMILES string of the molecule is CCCOC(=N)c1ccc(N(CC)CC)nc1. The molecule has 0 unspecified atom stereocenters. The van der Waals surface area contributed by atoms with Gasteiger partial charge in [0.25, 0.3) is 0 Å². The van der Waals surface area contributed by atoms with E-state index in [4.69, 9.17) is 10.1 Å². The lowest BCUT2D eigenvalue weighted by Crippen LogP contribution is -2.23. The van der Waals surface area contributed by atoms with Crippen molar-refractivity contribution in [2.24, 2.45) is 0 Å². The third-order valence-corrected chi connectivity index (χ3v) is 2.55. The van der Waals surface area contributed by atoms with Gasteiger partial charge in [-0.25, -0.2) is 4.98 Å². The number of hydrogen-bond acceptors (Lipinski definition) is 4. The Morgan fingerprint density at radius 1 is 1.29 bits per heavy atom. The first-order valence-corrected chi connectivity index (χ1v) is 6.15. The van der Waals surface area contributed by atoms with Gasteiger partial charge in [0.15, 0.2) is 0 Å². The predicted octanol–water partition coefficient (Wildman–Crippen LogP) is 2.68. The summed E-state index contributed by atoms with van der Waals surface area (Å²) in [6.07, 6.45) is 2.61. The summed E-state index contributed by atoms with van der Waals surface area (Å²) in [5.74, 6) is 1.15. The smallest absolute Gasteiger partial charge is 0.214 e. The molecule has 1 aromatic rings. The summed E-state index contributed by atoms with van der Waals surface area (Å²) in [5.41, 5.74) is 0.731. The average Bonchev–Trinajstić information content (AvgIpc) is 2.38. The molecule has 94 valence electrons. The molecule has 0 amide bonds. The summed E-state index contributed by atoms with van der Waals surface area (Å²) >= 11 is 0. The van der Waals surface area contributed by atoms with Crippen LogP contribution in [-0.2, 0) is 4.74 Å². The molecule has 0 aromatic carbocycles. The lowest BCUT2D eigenvalue weighted by atomic mass is 10.2. The summed E-state index contributed by atoms with van der Waals surface area (Å²) in [4.78, 5) is 6.52. The molecule has 0 atom stereocenters. The van der Waals surface area contributed by atoms with Crippen LogP contribution in [0.15, 0.2) is 18.3 Å². The van der Waals surface area contributed by atoms with Crippen LogP contribution in [0.1, 0.15) is 32.8 Å². The second-order valence-electron chi connectivity index (χ2n) is 3.75. The molecule has 0 aliphatic rings. The van der Waals surface area contributed by atoms with Gasteiger partial charge in [0, 0.05) is 19.3 Å². The van der Waals surface area contributed by atoms with Crippen molar-refractivity contribution in [1.29, 1.82) is 5.41 Å². The van der Waals surface area contributed by atoms with Gasteiger partial charge in [-0.15, -0.1) is 0 Å². The number of hydrogen-bond donors (Lipinski definition) is 1. The average molecular weight is 235 g/mol. The number of anilines is 1. The molecular formula is C13H21N3O. The van der Waals surface area contributed by atoms with Gasteiger partial charge in [-0.05, 0) is 32.4 Å². The van der Waals surface area contributed by atoms with Crippen molar-refractivity contribution < 1.29 is 4.74 Å². The Morgan fingerprint density at radius 2 is 2.00 bits per heavy atom. The Bertz CT molecular complexity index is 344. The van der Waals surface area contributed by atoms with E-state index in [9.17, 15) is 0 Å². The second kappa shape index (κ2) is 6.89. The van der Waals surface area contributed by atoms with Gasteiger partial charge in [0.2, 0.25) is 5.90 Å². The number of nitrogens with zero attached hydrogens (tertiary/aromatic N) is 2. The highest BCUT2D eigenvalue weighted by molar-refractivity contribution is 5.91. The van der Waals surface area contributed by atoms with E-state index < -0.39 is 0 Å². The van der Waals surface area contributed by atoms with E-state index in [0.29, 0.717) is 6.61 Å². The van der Waals surface area contributed by atoms with Crippen molar-refractivity contribution in [1.82, 2.24) is 4.98 Å². The minimum atomic E-state index is 0.199. The summed E-state index contributed by atoms with van der Waals surface area (Å²) in [7, 11) is 0. The third kappa shape index (κ3) is 3.73. The van der Waals surface area contributed by atoms with Crippen LogP contribution in [0.4, 0.5) is 5.82 Å². The standard InChI is InChI=1S/C13H21N3O/c1-4-9-17-13(14)11-7-8-12(15-10-11)16(5-2)6-3/h7-8,10,14H,4-6,9H2,1-3H3. The van der Waals surface area contributed by atoms with Crippen LogP contribution in [0, 0.1) is 5.41 Å². The van der Waals surface area contributed by atoms with Gasteiger partial charge >= 0.3 is 0 Å². The molecule has 1 N–H and O–H groups in total. The number of aromatic nitrogens is 1. The third-order valence-electron chi connectivity index (χ3n) is 2.55. The van der Waals surface area contributed by atoms with E-state index in [2.05, 4.69) is 23.7 Å². The lowest BCUT2D eigenvalue weighted by molar-refractivity contribution is 0.303. The molecule has 1 rings (SSSR count). The minimum Gasteiger partial charge on any atom is -0.478 e. The van der Waals surface area contributed by atoms with E-state index in [-0.39, 0.29) is 5.90 Å². The van der Waals surface area contributed by atoms with Gasteiger partial charge in [0.05, 0.1) is 12.2 Å². The Hall–Kier alpha value is -1.58. The molecule has 0 aliphatic heterocycles. The molecule has 0 aliphatic carbocycles. The van der Waals surface area contributed by atoms with Gasteiger partial charge in [-0.3, -0.25) is 5.41 Å². The molecule has 4 nitrogen and oxygen atoms in total. The molecule has 0 fully saturated rings. The van der Waals surface area contributed by atoms with Crippen LogP contribution in [0.3, 0.4) is 0 Å². The number of pyridine rings is 1. The first kappa shape index (κ1) is 13.5. The largest absolute Gasteiger partial charge is 0.478 e. The molecule has 0 spiro atoms. The fourth-order valence-electron chi connectivity index (χ4n) is 1.54. The zero-order chi connectivity index (χ0) is 12.7. The van der Waals surface area contributed by atoms with Crippen LogP contribution in [0.25, 0.3) is 0 Å². The fourth-order valence-corrected chi connectivity index (χ4v) is 1.54. The molecule has 0 bridgehead atoms. The molecule has 0 saturated heterocycles. The van der Waals surface area contributed by atoms with E-state index >= 15 is 0 Å². The van der Waals surface area contributed by atoms with Crippen LogP contribution in [0.2, 0.25) is 0 Å². The highest BCUT2D eigenvalue weighted by atomic mass is 16.5. The Morgan fingerprint density at radius 3 is 2.47 bits per heavy atom. The Kier molecular flexibility index (Phi) is 5.46. The Balaban J connectivity index is 2.70. The minimum absolute atomic E-state index is 0.199. The van der Waals surface area contributed by atoms with Gasteiger partial charge in [-0.2, -0.15) is 0 Å². The fraction of sp³-hybridized carbons (Fsp3) is 0.538. The highest BCUT2D eigenvalue weighted by Gasteiger charge is 2.06. The first-order valence-electron chi connectivity index (χ1n) is 6.15. The van der Waals surface area contributed by atoms with Gasteiger partial charge in [-0.1, -0.05) is 6.92 Å². The van der Waals surface area contributed by atoms with E-state index in [1.54, 1.807) is 6.20 Å². The molecule has 0 radical (unpaired) electrons. The lowest BCUT2D eigenvalue weighted by Gasteiger charge is -2.19. The normalized spacial score (nSPS) is 10.1. The van der Waals surface area contributed by atoms with Gasteiger partial charge in [0.1, 0.15) is 5.82 Å². The molecule has 1 aromatic heterocycles. The van der Waals surface area contributed by atoms with E-state index in [1.807, 2.05) is 19.1 Å². The highest BCUT2D eigenvalue weighted by Crippen LogP contribution is 2.11. The maximum Gasteiger partial charge on any atom is 0.214 e. The summed E-state index contributed by atoms with van der Waals surface area (Å²) in [5, 5.41) is 7.72. The van der Waals surface area contributed by atoms with E-state index in [1.165, 1.54) is 0 Å². The topological polar surface area (TPSA) is 49.2 Å². The van der Waals surface area contributed by atoms with E-state index in [0.717, 1.165) is 30.9 Å². The quantitative estimate of drug-likeness (QED) is 0.609. The van der Waals surface area contributed by atoms with Crippen molar-refractivity contribution in [3.05, 3.63) is 23.9 Å². The zero-order valence-corrected chi connectivity index (χ0v) is 10.9. The van der Waals surface area contributed by atoms with Crippen LogP contribution in [0.5, 0.6) is 0 Å². The van der Waals surface area contributed by atoms with Crippen molar-refractivity contribution >= 4 is 11.7 Å². The zero-order valence-electron chi connectivity index (χ0n) is 10.9. The molecule has 4 heteroatoms. The number of nitrogens with one attached hydrogen (secondary N) is 1. The second-order valence-corrected chi connectivity index (χ2v) is 3.75. The molecule has 1 heterocycles. The van der Waals surface area contributed by atoms with Crippen molar-refractivity contribution in [2.75, 3.05) is 24.6 Å². The van der Waals surface area contributed by atoms with Gasteiger partial charge < -0.3 is 9.64 Å². The van der Waals surface area contributed by atoms with Crippen LogP contribution < -0.4 is 4.90 Å². The number of ether oxygens (including phenoxy) is 1. The number of rotatable bonds is 6. The van der Waals surface area contributed by atoms with Crippen molar-refractivity contribution in [3.8, 4) is 0 Å². The Labute approximate surface area is 103 Å². The van der Waals surface area contributed by atoms with Crippen molar-refractivity contribution in [3.63, 3.8) is 0 Å². The maximum atomic E-state index is 7.72. The summed E-state index contributed by atoms with van der Waals surface area (Å²) in [6.45, 7) is 8.68. The molecule has 0 saturated carbocycles. The summed E-state index contributed by atoms with van der Waals surface area (Å²) in [6, 6.07) is 3.82. The summed E-state index contributed by atoms with van der Waals surface area (Å²) < 4.78 is 5.26. The predicted molar refractivity (Wildman–Crippen MR) is 70.9 cm³/mol. The molecular weight excluding hydrogens is 214 g/mol. The monoisotopic (exact) mass is 235 g/mol. The first-order chi connectivity index (χ1) is 8.22. The maximum absolute atomic E-state index is 7.72. The van der Waals surface area contributed by atoms with Crippen LogP contribution >= 0.6 is 0 Å². The van der Waals surface area contributed by atoms with Crippen LogP contribution in [-0.4, -0.2) is 30.6 Å².